The largest absolute Gasteiger partial charge is 0.463 e. The van der Waals surface area contributed by atoms with Crippen molar-refractivity contribution in [3.8, 4) is 0 Å². The van der Waals surface area contributed by atoms with Gasteiger partial charge in [-0.1, -0.05) is 84.5 Å². The molecule has 1 atom stereocenters. The van der Waals surface area contributed by atoms with Crippen molar-refractivity contribution in [1.82, 2.24) is 0 Å². The summed E-state index contributed by atoms with van der Waals surface area (Å²) in [6.45, 7) is 6.27. The van der Waals surface area contributed by atoms with Gasteiger partial charge in [0.25, 0.3) is 0 Å². The molecule has 126 valence electrons. The van der Waals surface area contributed by atoms with Gasteiger partial charge in [-0.05, 0) is 19.8 Å². The SMILES string of the molecule is CCCCCCCCCCCCCCC(=O)OC(C)CC. The molecule has 0 radical (unpaired) electrons. The molecule has 0 aliphatic heterocycles. The Morgan fingerprint density at radius 3 is 1.62 bits per heavy atom. The van der Waals surface area contributed by atoms with Crippen molar-refractivity contribution < 1.29 is 9.53 Å². The highest BCUT2D eigenvalue weighted by molar-refractivity contribution is 5.69. The van der Waals surface area contributed by atoms with Gasteiger partial charge in [0.2, 0.25) is 0 Å². The molecule has 0 aliphatic rings. The van der Waals surface area contributed by atoms with E-state index >= 15 is 0 Å². The number of unbranched alkanes of at least 4 members (excludes halogenated alkanes) is 11. The lowest BCUT2D eigenvalue weighted by atomic mass is 10.0. The summed E-state index contributed by atoms with van der Waals surface area (Å²) in [4.78, 5) is 11.5. The van der Waals surface area contributed by atoms with E-state index in [0.717, 1.165) is 12.8 Å². The molecule has 0 aromatic rings. The second kappa shape index (κ2) is 15.9. The number of hydrogen-bond donors (Lipinski definition) is 0. The molecule has 0 saturated carbocycles. The highest BCUT2D eigenvalue weighted by atomic mass is 16.5. The fourth-order valence-electron chi connectivity index (χ4n) is 2.48. The third-order valence-electron chi connectivity index (χ3n) is 4.14. The maximum atomic E-state index is 11.5. The van der Waals surface area contributed by atoms with E-state index in [1.165, 1.54) is 70.6 Å². The normalized spacial score (nSPS) is 12.3. The van der Waals surface area contributed by atoms with E-state index < -0.39 is 0 Å². The van der Waals surface area contributed by atoms with Gasteiger partial charge in [0.05, 0.1) is 6.10 Å². The first kappa shape index (κ1) is 20.5. The summed E-state index contributed by atoms with van der Waals surface area (Å²) in [6, 6.07) is 0. The molecule has 0 rings (SSSR count). The smallest absolute Gasteiger partial charge is 0.306 e. The van der Waals surface area contributed by atoms with Gasteiger partial charge in [-0.25, -0.2) is 0 Å². The number of esters is 1. The van der Waals surface area contributed by atoms with Gasteiger partial charge in [0.15, 0.2) is 0 Å². The molecule has 0 aromatic carbocycles. The molecule has 0 bridgehead atoms. The third kappa shape index (κ3) is 15.7. The Hall–Kier alpha value is -0.530. The van der Waals surface area contributed by atoms with Gasteiger partial charge in [-0.2, -0.15) is 0 Å². The lowest BCUT2D eigenvalue weighted by Gasteiger charge is -2.10. The average molecular weight is 299 g/mol. The summed E-state index contributed by atoms with van der Waals surface area (Å²) in [7, 11) is 0. The van der Waals surface area contributed by atoms with Gasteiger partial charge in [-0.3, -0.25) is 4.79 Å². The second-order valence-electron chi connectivity index (χ2n) is 6.35. The molecule has 0 amide bonds. The summed E-state index contributed by atoms with van der Waals surface area (Å²) >= 11 is 0. The Kier molecular flexibility index (Phi) is 15.5. The lowest BCUT2D eigenvalue weighted by Crippen LogP contribution is -2.13. The molecule has 0 saturated heterocycles. The first-order chi connectivity index (χ1) is 10.2. The van der Waals surface area contributed by atoms with Crippen LogP contribution in [-0.2, 0) is 9.53 Å². The lowest BCUT2D eigenvalue weighted by molar-refractivity contribution is -0.148. The van der Waals surface area contributed by atoms with Crippen LogP contribution in [0.3, 0.4) is 0 Å². The fraction of sp³-hybridized carbons (Fsp3) is 0.947. The Balaban J connectivity index is 3.13. The Morgan fingerprint density at radius 1 is 0.762 bits per heavy atom. The Labute approximate surface area is 133 Å². The highest BCUT2D eigenvalue weighted by Crippen LogP contribution is 2.12. The van der Waals surface area contributed by atoms with Crippen molar-refractivity contribution in [2.75, 3.05) is 0 Å². The number of hydrogen-bond acceptors (Lipinski definition) is 2. The van der Waals surface area contributed by atoms with Crippen LogP contribution < -0.4 is 0 Å². The van der Waals surface area contributed by atoms with Crippen molar-refractivity contribution in [1.29, 1.82) is 0 Å². The van der Waals surface area contributed by atoms with Gasteiger partial charge in [0, 0.05) is 6.42 Å². The standard InChI is InChI=1S/C19H38O2/c1-4-6-7-8-9-10-11-12-13-14-15-16-17-19(20)21-18(3)5-2/h18H,4-17H2,1-3H3. The van der Waals surface area contributed by atoms with E-state index in [1.54, 1.807) is 0 Å². The quantitative estimate of drug-likeness (QED) is 0.257. The predicted octanol–water partition coefficient (Wildman–Crippen LogP) is 6.42. The molecule has 0 N–H and O–H groups in total. The van der Waals surface area contributed by atoms with Crippen molar-refractivity contribution in [3.63, 3.8) is 0 Å². The van der Waals surface area contributed by atoms with Crippen LogP contribution in [0, 0.1) is 0 Å². The molecule has 0 fully saturated rings. The van der Waals surface area contributed by atoms with Crippen LogP contribution in [0.25, 0.3) is 0 Å². The van der Waals surface area contributed by atoms with Gasteiger partial charge >= 0.3 is 5.97 Å². The van der Waals surface area contributed by atoms with Gasteiger partial charge < -0.3 is 4.74 Å². The van der Waals surface area contributed by atoms with Crippen LogP contribution in [0.4, 0.5) is 0 Å². The molecule has 2 heteroatoms. The van der Waals surface area contributed by atoms with Crippen molar-refractivity contribution in [3.05, 3.63) is 0 Å². The molecule has 0 heterocycles. The molecule has 0 aliphatic carbocycles. The zero-order chi connectivity index (χ0) is 15.8. The van der Waals surface area contributed by atoms with Crippen molar-refractivity contribution >= 4 is 5.97 Å². The van der Waals surface area contributed by atoms with Gasteiger partial charge in [0.1, 0.15) is 0 Å². The van der Waals surface area contributed by atoms with Gasteiger partial charge in [-0.15, -0.1) is 0 Å². The predicted molar refractivity (Wildman–Crippen MR) is 91.5 cm³/mol. The molecule has 1 unspecified atom stereocenters. The van der Waals surface area contributed by atoms with E-state index in [1.807, 2.05) is 13.8 Å². The molecular formula is C19H38O2. The Bertz CT molecular complexity index is 226. The van der Waals surface area contributed by atoms with E-state index in [0.29, 0.717) is 6.42 Å². The zero-order valence-corrected chi connectivity index (χ0v) is 14.8. The van der Waals surface area contributed by atoms with Crippen LogP contribution in [0.2, 0.25) is 0 Å². The summed E-state index contributed by atoms with van der Waals surface area (Å²) < 4.78 is 5.26. The number of carbonyl (C=O) groups is 1. The minimum absolute atomic E-state index is 0.0172. The van der Waals surface area contributed by atoms with Crippen molar-refractivity contribution in [2.24, 2.45) is 0 Å². The van der Waals surface area contributed by atoms with Crippen molar-refractivity contribution in [2.45, 2.75) is 117 Å². The summed E-state index contributed by atoms with van der Waals surface area (Å²) in [6.07, 6.45) is 17.5. The second-order valence-corrected chi connectivity index (χ2v) is 6.35. The first-order valence-corrected chi connectivity index (χ1v) is 9.40. The third-order valence-corrected chi connectivity index (χ3v) is 4.14. The van der Waals surface area contributed by atoms with Crippen LogP contribution in [0.1, 0.15) is 111 Å². The molecule has 0 spiro atoms. The molecular weight excluding hydrogens is 260 g/mol. The average Bonchev–Trinajstić information content (AvgIpc) is 2.48. The summed E-state index contributed by atoms with van der Waals surface area (Å²) in [5.41, 5.74) is 0. The summed E-state index contributed by atoms with van der Waals surface area (Å²) in [5, 5.41) is 0. The molecule has 2 nitrogen and oxygen atoms in total. The number of ether oxygens (including phenoxy) is 1. The number of rotatable bonds is 15. The Morgan fingerprint density at radius 2 is 1.19 bits per heavy atom. The fourth-order valence-corrected chi connectivity index (χ4v) is 2.48. The van der Waals surface area contributed by atoms with Crippen LogP contribution >= 0.6 is 0 Å². The van der Waals surface area contributed by atoms with E-state index in [9.17, 15) is 4.79 Å². The first-order valence-electron chi connectivity index (χ1n) is 9.40. The van der Waals surface area contributed by atoms with E-state index in [-0.39, 0.29) is 12.1 Å². The molecule has 0 aromatic heterocycles. The number of carbonyl (C=O) groups excluding carboxylic acids is 1. The molecule has 21 heavy (non-hydrogen) atoms. The minimum Gasteiger partial charge on any atom is -0.463 e. The van der Waals surface area contributed by atoms with E-state index in [2.05, 4.69) is 6.92 Å². The van der Waals surface area contributed by atoms with E-state index in [4.69, 9.17) is 4.74 Å². The summed E-state index contributed by atoms with van der Waals surface area (Å²) in [5.74, 6) is -0.0172. The zero-order valence-electron chi connectivity index (χ0n) is 14.8. The van der Waals surface area contributed by atoms with Crippen LogP contribution in [0.15, 0.2) is 0 Å². The topological polar surface area (TPSA) is 26.3 Å². The maximum absolute atomic E-state index is 11.5. The maximum Gasteiger partial charge on any atom is 0.306 e. The minimum atomic E-state index is -0.0172. The monoisotopic (exact) mass is 298 g/mol. The van der Waals surface area contributed by atoms with Crippen LogP contribution in [0.5, 0.6) is 0 Å². The van der Waals surface area contributed by atoms with Crippen LogP contribution in [-0.4, -0.2) is 12.1 Å². The highest BCUT2D eigenvalue weighted by Gasteiger charge is 2.06.